The molecule has 0 aromatic carbocycles. The second kappa shape index (κ2) is 4.95. The Labute approximate surface area is 95.1 Å². The fourth-order valence-electron chi connectivity index (χ4n) is 1.76. The van der Waals surface area contributed by atoms with E-state index in [1.807, 2.05) is 12.3 Å². The number of hydrogen-bond acceptors (Lipinski definition) is 4. The summed E-state index contributed by atoms with van der Waals surface area (Å²) >= 11 is 0. The summed E-state index contributed by atoms with van der Waals surface area (Å²) in [5.41, 5.74) is 0.103. The van der Waals surface area contributed by atoms with Gasteiger partial charge in [-0.25, -0.2) is 0 Å². The van der Waals surface area contributed by atoms with Crippen molar-refractivity contribution in [3.8, 4) is 0 Å². The van der Waals surface area contributed by atoms with E-state index in [4.69, 9.17) is 5.11 Å². The van der Waals surface area contributed by atoms with Gasteiger partial charge in [0.2, 0.25) is 0 Å². The molecule has 1 heterocycles. The maximum absolute atomic E-state index is 9.73. The van der Waals surface area contributed by atoms with E-state index in [-0.39, 0.29) is 12.0 Å². The molecule has 0 bridgehead atoms. The standard InChI is InChI=1S/C11H19N3O2/c15-9-11(2-3-11)8-12-6-10(16)7-14-5-1-4-13-14/h1,4-5,10,12,15-16H,2-3,6-9H2. The number of nitrogens with zero attached hydrogens (tertiary/aromatic N) is 2. The zero-order chi connectivity index (χ0) is 11.4. The summed E-state index contributed by atoms with van der Waals surface area (Å²) in [5.74, 6) is 0. The first-order valence-electron chi connectivity index (χ1n) is 5.71. The highest BCUT2D eigenvalue weighted by Crippen LogP contribution is 2.44. The van der Waals surface area contributed by atoms with Crippen molar-refractivity contribution in [1.82, 2.24) is 15.1 Å². The molecule has 1 aromatic rings. The van der Waals surface area contributed by atoms with E-state index in [1.54, 1.807) is 10.9 Å². The molecule has 1 aliphatic carbocycles. The van der Waals surface area contributed by atoms with Gasteiger partial charge in [0.15, 0.2) is 0 Å². The van der Waals surface area contributed by atoms with Crippen LogP contribution in [-0.4, -0.2) is 45.8 Å². The monoisotopic (exact) mass is 225 g/mol. The Bertz CT molecular complexity index is 309. The summed E-state index contributed by atoms with van der Waals surface area (Å²) in [5, 5.41) is 26.1. The van der Waals surface area contributed by atoms with Gasteiger partial charge in [-0.3, -0.25) is 4.68 Å². The highest BCUT2D eigenvalue weighted by Gasteiger charge is 2.41. The number of aliphatic hydroxyl groups is 2. The zero-order valence-electron chi connectivity index (χ0n) is 9.34. The maximum Gasteiger partial charge on any atom is 0.0860 e. The lowest BCUT2D eigenvalue weighted by molar-refractivity contribution is 0.139. The highest BCUT2D eigenvalue weighted by molar-refractivity contribution is 4.94. The number of nitrogens with one attached hydrogen (secondary N) is 1. The Morgan fingerprint density at radius 1 is 1.50 bits per heavy atom. The topological polar surface area (TPSA) is 70.3 Å². The Balaban J connectivity index is 1.62. The summed E-state index contributed by atoms with van der Waals surface area (Å²) in [6.07, 6.45) is 5.27. The predicted octanol–water partition coefficient (Wildman–Crippen LogP) is -0.394. The SMILES string of the molecule is OCC1(CNCC(O)Cn2cccn2)CC1. The Morgan fingerprint density at radius 3 is 2.88 bits per heavy atom. The molecule has 5 heteroatoms. The summed E-state index contributed by atoms with van der Waals surface area (Å²) in [6.45, 7) is 2.09. The van der Waals surface area contributed by atoms with Gasteiger partial charge in [-0.2, -0.15) is 5.10 Å². The molecular formula is C11H19N3O2. The van der Waals surface area contributed by atoms with E-state index >= 15 is 0 Å². The maximum atomic E-state index is 9.73. The van der Waals surface area contributed by atoms with Crippen LogP contribution in [0.25, 0.3) is 0 Å². The van der Waals surface area contributed by atoms with Gasteiger partial charge in [0, 0.05) is 37.5 Å². The van der Waals surface area contributed by atoms with Crippen LogP contribution >= 0.6 is 0 Å². The van der Waals surface area contributed by atoms with E-state index in [2.05, 4.69) is 10.4 Å². The van der Waals surface area contributed by atoms with Crippen molar-refractivity contribution in [2.45, 2.75) is 25.5 Å². The molecule has 1 unspecified atom stereocenters. The average Bonchev–Trinajstić information content (AvgIpc) is 2.87. The van der Waals surface area contributed by atoms with Gasteiger partial charge >= 0.3 is 0 Å². The molecule has 1 atom stereocenters. The van der Waals surface area contributed by atoms with Gasteiger partial charge in [0.25, 0.3) is 0 Å². The third-order valence-electron chi connectivity index (χ3n) is 3.13. The molecular weight excluding hydrogens is 206 g/mol. The minimum atomic E-state index is -0.436. The molecule has 3 N–H and O–H groups in total. The van der Waals surface area contributed by atoms with Crippen molar-refractivity contribution in [2.75, 3.05) is 19.7 Å². The van der Waals surface area contributed by atoms with Crippen LogP contribution < -0.4 is 5.32 Å². The van der Waals surface area contributed by atoms with E-state index in [0.29, 0.717) is 13.1 Å². The second-order valence-corrected chi connectivity index (χ2v) is 4.67. The lowest BCUT2D eigenvalue weighted by Crippen LogP contribution is -2.35. The van der Waals surface area contributed by atoms with Gasteiger partial charge in [0.05, 0.1) is 12.6 Å². The van der Waals surface area contributed by atoms with Crippen molar-refractivity contribution in [3.05, 3.63) is 18.5 Å². The fourth-order valence-corrected chi connectivity index (χ4v) is 1.76. The first-order chi connectivity index (χ1) is 7.74. The lowest BCUT2D eigenvalue weighted by Gasteiger charge is -2.15. The van der Waals surface area contributed by atoms with Crippen molar-refractivity contribution in [1.29, 1.82) is 0 Å². The first kappa shape index (κ1) is 11.6. The smallest absolute Gasteiger partial charge is 0.0860 e. The van der Waals surface area contributed by atoms with Crippen molar-refractivity contribution in [2.24, 2.45) is 5.41 Å². The molecule has 1 aliphatic rings. The molecule has 0 aliphatic heterocycles. The molecule has 0 spiro atoms. The summed E-state index contributed by atoms with van der Waals surface area (Å²) in [4.78, 5) is 0. The molecule has 0 amide bonds. The van der Waals surface area contributed by atoms with Crippen LogP contribution in [0.4, 0.5) is 0 Å². The third-order valence-corrected chi connectivity index (χ3v) is 3.13. The molecule has 1 saturated carbocycles. The van der Waals surface area contributed by atoms with Crippen molar-refractivity contribution >= 4 is 0 Å². The molecule has 90 valence electrons. The minimum absolute atomic E-state index is 0.103. The lowest BCUT2D eigenvalue weighted by atomic mass is 10.1. The third kappa shape index (κ3) is 3.04. The minimum Gasteiger partial charge on any atom is -0.396 e. The number of hydrogen-bond donors (Lipinski definition) is 3. The van der Waals surface area contributed by atoms with Gasteiger partial charge in [-0.05, 0) is 18.9 Å². The quantitative estimate of drug-likeness (QED) is 0.591. The Hall–Kier alpha value is -0.910. The normalized spacial score (nSPS) is 19.6. The largest absolute Gasteiger partial charge is 0.396 e. The molecule has 16 heavy (non-hydrogen) atoms. The van der Waals surface area contributed by atoms with Crippen molar-refractivity contribution in [3.63, 3.8) is 0 Å². The van der Waals surface area contributed by atoms with Crippen molar-refractivity contribution < 1.29 is 10.2 Å². The van der Waals surface area contributed by atoms with Crippen LogP contribution in [0, 0.1) is 5.41 Å². The molecule has 5 nitrogen and oxygen atoms in total. The van der Waals surface area contributed by atoms with Crippen LogP contribution in [0.5, 0.6) is 0 Å². The molecule has 1 aromatic heterocycles. The predicted molar refractivity (Wildman–Crippen MR) is 59.9 cm³/mol. The second-order valence-electron chi connectivity index (χ2n) is 4.67. The van der Waals surface area contributed by atoms with E-state index in [9.17, 15) is 5.11 Å². The molecule has 2 rings (SSSR count). The average molecular weight is 225 g/mol. The Kier molecular flexibility index (Phi) is 3.58. The highest BCUT2D eigenvalue weighted by atomic mass is 16.3. The number of aromatic nitrogens is 2. The van der Waals surface area contributed by atoms with Crippen LogP contribution in [0.15, 0.2) is 18.5 Å². The first-order valence-corrected chi connectivity index (χ1v) is 5.71. The van der Waals surface area contributed by atoms with Crippen LogP contribution in [0.2, 0.25) is 0 Å². The van der Waals surface area contributed by atoms with Crippen LogP contribution in [0.3, 0.4) is 0 Å². The van der Waals surface area contributed by atoms with Crippen LogP contribution in [0.1, 0.15) is 12.8 Å². The molecule has 0 radical (unpaired) electrons. The van der Waals surface area contributed by atoms with Gasteiger partial charge in [-0.1, -0.05) is 0 Å². The summed E-state index contributed by atoms with van der Waals surface area (Å²) in [6, 6.07) is 1.84. The molecule has 1 fully saturated rings. The number of aliphatic hydroxyl groups excluding tert-OH is 2. The molecule has 0 saturated heterocycles. The summed E-state index contributed by atoms with van der Waals surface area (Å²) < 4.78 is 1.71. The van der Waals surface area contributed by atoms with Gasteiger partial charge in [0.1, 0.15) is 0 Å². The van der Waals surface area contributed by atoms with Crippen LogP contribution in [-0.2, 0) is 6.54 Å². The zero-order valence-corrected chi connectivity index (χ0v) is 9.34. The number of rotatable bonds is 7. The summed E-state index contributed by atoms with van der Waals surface area (Å²) in [7, 11) is 0. The van der Waals surface area contributed by atoms with Gasteiger partial charge < -0.3 is 15.5 Å². The van der Waals surface area contributed by atoms with E-state index < -0.39 is 6.10 Å². The van der Waals surface area contributed by atoms with E-state index in [0.717, 1.165) is 19.4 Å². The van der Waals surface area contributed by atoms with Gasteiger partial charge in [-0.15, -0.1) is 0 Å². The Morgan fingerprint density at radius 2 is 2.31 bits per heavy atom. The van der Waals surface area contributed by atoms with E-state index in [1.165, 1.54) is 0 Å². The fraction of sp³-hybridized carbons (Fsp3) is 0.727.